The molecule has 0 bridgehead atoms. The van der Waals surface area contributed by atoms with Gasteiger partial charge in [0.15, 0.2) is 0 Å². The van der Waals surface area contributed by atoms with Crippen LogP contribution in [0.15, 0.2) is 24.3 Å². The lowest BCUT2D eigenvalue weighted by Crippen LogP contribution is -2.52. The van der Waals surface area contributed by atoms with E-state index in [1.165, 1.54) is 19.2 Å². The summed E-state index contributed by atoms with van der Waals surface area (Å²) >= 11 is 0. The van der Waals surface area contributed by atoms with Crippen LogP contribution < -0.4 is 5.32 Å². The average Bonchev–Trinajstić information content (AvgIpc) is 2.89. The molecule has 2 aliphatic heterocycles. The van der Waals surface area contributed by atoms with Gasteiger partial charge in [-0.05, 0) is 34.9 Å². The Balaban J connectivity index is 1.44. The van der Waals surface area contributed by atoms with Crippen molar-refractivity contribution in [2.75, 3.05) is 26.7 Å². The Morgan fingerprint density at radius 2 is 2.00 bits per heavy atom. The summed E-state index contributed by atoms with van der Waals surface area (Å²) in [5.41, 5.74) is 2.42. The van der Waals surface area contributed by atoms with Crippen LogP contribution in [0.25, 0.3) is 0 Å². The molecule has 0 amide bonds. The van der Waals surface area contributed by atoms with Gasteiger partial charge < -0.3 is 10.1 Å². The first kappa shape index (κ1) is 14.2. The number of benzene rings is 1. The Morgan fingerprint density at radius 3 is 2.68 bits per heavy atom. The molecule has 2 heterocycles. The molecule has 0 radical (unpaired) electrons. The van der Waals surface area contributed by atoms with Crippen molar-refractivity contribution in [3.8, 4) is 0 Å². The third-order valence-corrected chi connectivity index (χ3v) is 6.18. The van der Waals surface area contributed by atoms with Gasteiger partial charge in [-0.1, -0.05) is 26.0 Å². The second kappa shape index (κ2) is 4.80. The zero-order chi connectivity index (χ0) is 15.5. The highest BCUT2D eigenvalue weighted by Crippen LogP contribution is 2.65. The molecule has 2 saturated heterocycles. The lowest BCUT2D eigenvalue weighted by molar-refractivity contribution is 0.0600. The minimum atomic E-state index is -0.273. The summed E-state index contributed by atoms with van der Waals surface area (Å²) < 4.78 is 4.75. The van der Waals surface area contributed by atoms with Crippen LogP contribution in [0.3, 0.4) is 0 Å². The summed E-state index contributed by atoms with van der Waals surface area (Å²) in [6.07, 6.45) is 0. The van der Waals surface area contributed by atoms with Crippen LogP contribution in [0.1, 0.15) is 35.8 Å². The molecule has 118 valence electrons. The highest BCUT2D eigenvalue weighted by Gasteiger charge is 2.66. The predicted octanol–water partition coefficient (Wildman–Crippen LogP) is 2.07. The lowest BCUT2D eigenvalue weighted by Gasteiger charge is -2.39. The van der Waals surface area contributed by atoms with Gasteiger partial charge in [0.05, 0.1) is 12.7 Å². The van der Waals surface area contributed by atoms with Crippen LogP contribution in [-0.4, -0.2) is 43.7 Å². The fourth-order valence-electron chi connectivity index (χ4n) is 4.74. The summed E-state index contributed by atoms with van der Waals surface area (Å²) in [7, 11) is 1.42. The number of carbonyl (C=O) groups is 1. The molecule has 0 unspecified atom stereocenters. The zero-order valence-electron chi connectivity index (χ0n) is 13.5. The largest absolute Gasteiger partial charge is 0.465 e. The highest BCUT2D eigenvalue weighted by atomic mass is 16.5. The first-order valence-corrected chi connectivity index (χ1v) is 8.18. The van der Waals surface area contributed by atoms with Gasteiger partial charge in [0.1, 0.15) is 0 Å². The fraction of sp³-hybridized carbons (Fsp3) is 0.611. The number of fused-ring (bicyclic) bond motifs is 3. The number of nitrogens with one attached hydrogen (secondary N) is 1. The number of piperidine rings is 1. The maximum atomic E-state index is 11.5. The maximum absolute atomic E-state index is 11.5. The summed E-state index contributed by atoms with van der Waals surface area (Å²) in [4.78, 5) is 14.2. The fourth-order valence-corrected chi connectivity index (χ4v) is 4.74. The normalized spacial score (nSPS) is 35.6. The van der Waals surface area contributed by atoms with E-state index in [1.54, 1.807) is 0 Å². The minimum Gasteiger partial charge on any atom is -0.465 e. The van der Waals surface area contributed by atoms with E-state index in [-0.39, 0.29) is 5.97 Å². The number of nitrogens with zero attached hydrogens (tertiary/aromatic N) is 1. The van der Waals surface area contributed by atoms with Gasteiger partial charge in [0.25, 0.3) is 0 Å². The van der Waals surface area contributed by atoms with Crippen molar-refractivity contribution in [3.63, 3.8) is 0 Å². The van der Waals surface area contributed by atoms with Gasteiger partial charge in [-0.3, -0.25) is 4.90 Å². The molecule has 1 aliphatic carbocycles. The van der Waals surface area contributed by atoms with Crippen molar-refractivity contribution < 1.29 is 9.53 Å². The summed E-state index contributed by atoms with van der Waals surface area (Å²) in [5.74, 6) is 1.49. The van der Waals surface area contributed by atoms with E-state index in [0.29, 0.717) is 23.1 Å². The average molecular weight is 300 g/mol. The maximum Gasteiger partial charge on any atom is 0.337 e. The molecule has 1 aromatic rings. The van der Waals surface area contributed by atoms with Crippen molar-refractivity contribution in [2.24, 2.45) is 17.3 Å². The molecule has 3 fully saturated rings. The van der Waals surface area contributed by atoms with Crippen molar-refractivity contribution in [2.45, 2.75) is 25.9 Å². The summed E-state index contributed by atoms with van der Waals surface area (Å²) in [6.45, 7) is 8.23. The van der Waals surface area contributed by atoms with Crippen LogP contribution in [0.4, 0.5) is 0 Å². The number of methoxy groups -OCH3 is 1. The van der Waals surface area contributed by atoms with Crippen molar-refractivity contribution in [1.82, 2.24) is 10.2 Å². The molecule has 0 aromatic heterocycles. The van der Waals surface area contributed by atoms with Crippen LogP contribution in [0.5, 0.6) is 0 Å². The SMILES string of the molecule is COC(=O)c1ccc([C@@H]2CN3C[C@H]4[C@@H]([C@H]3CN2)C4(C)C)cc1. The van der Waals surface area contributed by atoms with Gasteiger partial charge in [0, 0.05) is 31.7 Å². The Hall–Kier alpha value is -1.39. The molecule has 3 aliphatic rings. The quantitative estimate of drug-likeness (QED) is 0.849. The van der Waals surface area contributed by atoms with E-state index in [0.717, 1.165) is 24.9 Å². The second-order valence-corrected chi connectivity index (χ2v) is 7.55. The van der Waals surface area contributed by atoms with Crippen LogP contribution >= 0.6 is 0 Å². The van der Waals surface area contributed by atoms with E-state index >= 15 is 0 Å². The van der Waals surface area contributed by atoms with Gasteiger partial charge in [-0.25, -0.2) is 4.79 Å². The third kappa shape index (κ3) is 2.01. The topological polar surface area (TPSA) is 41.6 Å². The molecule has 0 spiro atoms. The molecule has 1 aromatic carbocycles. The summed E-state index contributed by atoms with van der Waals surface area (Å²) in [5, 5.41) is 3.71. The number of rotatable bonds is 2. The molecular weight excluding hydrogens is 276 g/mol. The Morgan fingerprint density at radius 1 is 1.27 bits per heavy atom. The predicted molar refractivity (Wildman–Crippen MR) is 84.6 cm³/mol. The smallest absolute Gasteiger partial charge is 0.337 e. The minimum absolute atomic E-state index is 0.273. The number of esters is 1. The summed E-state index contributed by atoms with van der Waals surface area (Å²) in [6, 6.07) is 8.89. The standard InChI is InChI=1S/C18H24N2O2/c1-18(2)13-9-20-10-14(19-8-15(20)16(13)18)11-4-6-12(7-5-11)17(21)22-3/h4-7,13-16,19H,8-10H2,1-3H3/t13-,14-,15+,16-/m0/s1. The highest BCUT2D eigenvalue weighted by molar-refractivity contribution is 5.89. The van der Waals surface area contributed by atoms with Crippen LogP contribution in [0, 0.1) is 17.3 Å². The molecule has 1 saturated carbocycles. The molecule has 4 atom stereocenters. The number of ether oxygens (including phenoxy) is 1. The number of piperazine rings is 1. The zero-order valence-corrected chi connectivity index (χ0v) is 13.5. The molecule has 22 heavy (non-hydrogen) atoms. The van der Waals surface area contributed by atoms with Gasteiger partial charge in [-0.2, -0.15) is 0 Å². The molecule has 4 rings (SSSR count). The van der Waals surface area contributed by atoms with E-state index in [9.17, 15) is 4.79 Å². The van der Waals surface area contributed by atoms with E-state index in [4.69, 9.17) is 4.74 Å². The van der Waals surface area contributed by atoms with E-state index < -0.39 is 0 Å². The Bertz CT molecular complexity index is 596. The first-order valence-electron chi connectivity index (χ1n) is 8.18. The van der Waals surface area contributed by atoms with Crippen molar-refractivity contribution >= 4 is 5.97 Å². The molecule has 1 N–H and O–H groups in total. The monoisotopic (exact) mass is 300 g/mol. The second-order valence-electron chi connectivity index (χ2n) is 7.55. The number of hydrogen-bond acceptors (Lipinski definition) is 4. The van der Waals surface area contributed by atoms with E-state index in [2.05, 4.69) is 24.1 Å². The molecular formula is C18H24N2O2. The van der Waals surface area contributed by atoms with Gasteiger partial charge >= 0.3 is 5.97 Å². The van der Waals surface area contributed by atoms with Gasteiger partial charge in [-0.15, -0.1) is 0 Å². The van der Waals surface area contributed by atoms with Crippen molar-refractivity contribution in [3.05, 3.63) is 35.4 Å². The lowest BCUT2D eigenvalue weighted by atomic mass is 9.96. The number of hydrogen-bond donors (Lipinski definition) is 1. The van der Waals surface area contributed by atoms with E-state index in [1.807, 2.05) is 24.3 Å². The first-order chi connectivity index (χ1) is 10.5. The number of carbonyl (C=O) groups excluding carboxylic acids is 1. The Labute approximate surface area is 131 Å². The van der Waals surface area contributed by atoms with Gasteiger partial charge in [0.2, 0.25) is 0 Å². The molecule has 4 nitrogen and oxygen atoms in total. The van der Waals surface area contributed by atoms with Crippen molar-refractivity contribution in [1.29, 1.82) is 0 Å². The van der Waals surface area contributed by atoms with Crippen LogP contribution in [-0.2, 0) is 4.74 Å². The molecule has 4 heteroatoms. The Kier molecular flexibility index (Phi) is 3.10. The van der Waals surface area contributed by atoms with Crippen LogP contribution in [0.2, 0.25) is 0 Å². The third-order valence-electron chi connectivity index (χ3n) is 6.18.